The van der Waals surface area contributed by atoms with E-state index in [1.807, 2.05) is 60.7 Å². The molecule has 0 radical (unpaired) electrons. The molecule has 0 bridgehead atoms. The highest BCUT2D eigenvalue weighted by Gasteiger charge is 2.18. The van der Waals surface area contributed by atoms with Crippen LogP contribution in [0.25, 0.3) is 0 Å². The van der Waals surface area contributed by atoms with Crippen LogP contribution in [-0.2, 0) is 22.4 Å². The standard InChI is InChI=1S/C19H22N2O2/c20-18(12-11-15-7-3-1-4-8-15)19(23)21-17(14-22)13-16-9-5-2-6-10-16/h1-10,14,17-18H,11-13,20H2,(H,21,23)/t17-,18?/m0/s1. The Kier molecular flexibility index (Phi) is 6.51. The van der Waals surface area contributed by atoms with E-state index in [-0.39, 0.29) is 5.91 Å². The smallest absolute Gasteiger partial charge is 0.237 e. The maximum atomic E-state index is 12.1. The van der Waals surface area contributed by atoms with Crippen molar-refractivity contribution in [1.82, 2.24) is 5.32 Å². The quantitative estimate of drug-likeness (QED) is 0.731. The van der Waals surface area contributed by atoms with Gasteiger partial charge in [-0.05, 0) is 30.4 Å². The van der Waals surface area contributed by atoms with E-state index in [0.29, 0.717) is 12.8 Å². The highest BCUT2D eigenvalue weighted by molar-refractivity contribution is 5.84. The topological polar surface area (TPSA) is 72.2 Å². The van der Waals surface area contributed by atoms with Crippen molar-refractivity contribution in [2.24, 2.45) is 5.73 Å². The van der Waals surface area contributed by atoms with Gasteiger partial charge in [0.05, 0.1) is 12.1 Å². The molecule has 0 saturated carbocycles. The average Bonchev–Trinajstić information content (AvgIpc) is 2.60. The lowest BCUT2D eigenvalue weighted by molar-refractivity contribution is -0.125. The minimum atomic E-state index is -0.617. The van der Waals surface area contributed by atoms with Crippen LogP contribution >= 0.6 is 0 Å². The van der Waals surface area contributed by atoms with Gasteiger partial charge in [0.1, 0.15) is 6.29 Å². The van der Waals surface area contributed by atoms with Crippen molar-refractivity contribution < 1.29 is 9.59 Å². The second-order valence-electron chi connectivity index (χ2n) is 5.57. The Morgan fingerprint density at radius 1 is 1.00 bits per heavy atom. The SMILES string of the molecule is NC(CCc1ccccc1)C(=O)N[C@H](C=O)Cc1ccccc1. The first kappa shape index (κ1) is 16.9. The molecule has 1 unspecified atom stereocenters. The minimum absolute atomic E-state index is 0.283. The summed E-state index contributed by atoms with van der Waals surface area (Å²) in [6.07, 6.45) is 2.52. The number of hydrogen-bond donors (Lipinski definition) is 2. The summed E-state index contributed by atoms with van der Waals surface area (Å²) >= 11 is 0. The molecule has 0 heterocycles. The summed E-state index contributed by atoms with van der Waals surface area (Å²) < 4.78 is 0. The van der Waals surface area contributed by atoms with E-state index in [4.69, 9.17) is 5.73 Å². The van der Waals surface area contributed by atoms with Crippen LogP contribution in [0.3, 0.4) is 0 Å². The Morgan fingerprint density at radius 2 is 1.57 bits per heavy atom. The van der Waals surface area contributed by atoms with Gasteiger partial charge in [-0.1, -0.05) is 60.7 Å². The summed E-state index contributed by atoms with van der Waals surface area (Å²) in [5, 5.41) is 2.72. The van der Waals surface area contributed by atoms with Crippen molar-refractivity contribution in [2.75, 3.05) is 0 Å². The Morgan fingerprint density at radius 3 is 2.13 bits per heavy atom. The fourth-order valence-electron chi connectivity index (χ4n) is 2.39. The lowest BCUT2D eigenvalue weighted by Crippen LogP contribution is -2.47. The molecule has 120 valence electrons. The van der Waals surface area contributed by atoms with Gasteiger partial charge in [-0.3, -0.25) is 4.79 Å². The summed E-state index contributed by atoms with van der Waals surface area (Å²) in [5.41, 5.74) is 8.08. The van der Waals surface area contributed by atoms with Crippen LogP contribution in [-0.4, -0.2) is 24.3 Å². The minimum Gasteiger partial charge on any atom is -0.345 e. The molecule has 0 aliphatic rings. The molecule has 2 aromatic rings. The summed E-state index contributed by atoms with van der Waals surface area (Å²) in [6.45, 7) is 0. The Hall–Kier alpha value is -2.46. The molecule has 4 nitrogen and oxygen atoms in total. The molecular formula is C19H22N2O2. The van der Waals surface area contributed by atoms with E-state index in [9.17, 15) is 9.59 Å². The Labute approximate surface area is 136 Å². The fourth-order valence-corrected chi connectivity index (χ4v) is 2.39. The summed E-state index contributed by atoms with van der Waals surface area (Å²) in [5.74, 6) is -0.283. The van der Waals surface area contributed by atoms with Gasteiger partial charge in [-0.2, -0.15) is 0 Å². The largest absolute Gasteiger partial charge is 0.345 e. The first-order chi connectivity index (χ1) is 11.2. The van der Waals surface area contributed by atoms with Crippen molar-refractivity contribution in [3.63, 3.8) is 0 Å². The van der Waals surface area contributed by atoms with Crippen molar-refractivity contribution >= 4 is 12.2 Å². The van der Waals surface area contributed by atoms with Crippen LogP contribution < -0.4 is 11.1 Å². The maximum absolute atomic E-state index is 12.1. The van der Waals surface area contributed by atoms with Crippen molar-refractivity contribution in [3.8, 4) is 0 Å². The van der Waals surface area contributed by atoms with Crippen molar-refractivity contribution in [1.29, 1.82) is 0 Å². The van der Waals surface area contributed by atoms with Crippen LogP contribution in [0.15, 0.2) is 60.7 Å². The second-order valence-corrected chi connectivity index (χ2v) is 5.57. The van der Waals surface area contributed by atoms with Gasteiger partial charge in [0.15, 0.2) is 0 Å². The van der Waals surface area contributed by atoms with E-state index in [1.54, 1.807) is 0 Å². The van der Waals surface area contributed by atoms with Gasteiger partial charge in [-0.15, -0.1) is 0 Å². The molecule has 3 N–H and O–H groups in total. The van der Waals surface area contributed by atoms with Crippen molar-refractivity contribution in [2.45, 2.75) is 31.3 Å². The van der Waals surface area contributed by atoms with E-state index < -0.39 is 12.1 Å². The Bertz CT molecular complexity index is 614. The van der Waals surface area contributed by atoms with Crippen LogP contribution in [0, 0.1) is 0 Å². The van der Waals surface area contributed by atoms with Crippen LogP contribution in [0.2, 0.25) is 0 Å². The van der Waals surface area contributed by atoms with Gasteiger partial charge in [0.2, 0.25) is 5.91 Å². The number of aryl methyl sites for hydroxylation is 1. The molecule has 2 aromatic carbocycles. The van der Waals surface area contributed by atoms with Crippen LogP contribution in [0.4, 0.5) is 0 Å². The second kappa shape index (κ2) is 8.86. The third-order valence-electron chi connectivity index (χ3n) is 3.71. The maximum Gasteiger partial charge on any atom is 0.237 e. The third-order valence-corrected chi connectivity index (χ3v) is 3.71. The van der Waals surface area contributed by atoms with Crippen LogP contribution in [0.1, 0.15) is 17.5 Å². The summed E-state index contributed by atoms with van der Waals surface area (Å²) in [4.78, 5) is 23.3. The molecule has 0 aromatic heterocycles. The molecule has 4 heteroatoms. The number of nitrogens with one attached hydrogen (secondary N) is 1. The van der Waals surface area contributed by atoms with Gasteiger partial charge >= 0.3 is 0 Å². The molecule has 0 aliphatic carbocycles. The van der Waals surface area contributed by atoms with E-state index in [2.05, 4.69) is 5.32 Å². The first-order valence-electron chi connectivity index (χ1n) is 7.78. The zero-order valence-electron chi connectivity index (χ0n) is 13.0. The van der Waals surface area contributed by atoms with Gasteiger partial charge in [0, 0.05) is 0 Å². The molecule has 0 spiro atoms. The average molecular weight is 310 g/mol. The van der Waals surface area contributed by atoms with Crippen LogP contribution in [0.5, 0.6) is 0 Å². The lowest BCUT2D eigenvalue weighted by atomic mass is 10.0. The number of carbonyl (C=O) groups is 2. The molecular weight excluding hydrogens is 288 g/mol. The number of amides is 1. The zero-order chi connectivity index (χ0) is 16.5. The molecule has 0 fully saturated rings. The highest BCUT2D eigenvalue weighted by Crippen LogP contribution is 2.05. The lowest BCUT2D eigenvalue weighted by Gasteiger charge is -2.17. The molecule has 23 heavy (non-hydrogen) atoms. The predicted molar refractivity (Wildman–Crippen MR) is 90.9 cm³/mol. The summed E-state index contributed by atoms with van der Waals surface area (Å²) in [7, 11) is 0. The number of nitrogens with two attached hydrogens (primary N) is 1. The molecule has 1 amide bonds. The number of aldehydes is 1. The molecule has 2 rings (SSSR count). The molecule has 0 aliphatic heterocycles. The van der Waals surface area contributed by atoms with E-state index in [0.717, 1.165) is 23.8 Å². The van der Waals surface area contributed by atoms with Gasteiger partial charge in [-0.25, -0.2) is 0 Å². The number of hydrogen-bond acceptors (Lipinski definition) is 3. The fraction of sp³-hybridized carbons (Fsp3) is 0.263. The van der Waals surface area contributed by atoms with E-state index in [1.165, 1.54) is 0 Å². The molecule has 2 atom stereocenters. The molecule has 0 saturated heterocycles. The first-order valence-corrected chi connectivity index (χ1v) is 7.78. The number of benzene rings is 2. The summed E-state index contributed by atoms with van der Waals surface area (Å²) in [6, 6.07) is 18.3. The van der Waals surface area contributed by atoms with Gasteiger partial charge < -0.3 is 15.8 Å². The zero-order valence-corrected chi connectivity index (χ0v) is 13.0. The predicted octanol–water partition coefficient (Wildman–Crippen LogP) is 1.87. The highest BCUT2D eigenvalue weighted by atomic mass is 16.2. The third kappa shape index (κ3) is 5.68. The normalized spacial score (nSPS) is 13.1. The van der Waals surface area contributed by atoms with Crippen molar-refractivity contribution in [3.05, 3.63) is 71.8 Å². The monoisotopic (exact) mass is 310 g/mol. The van der Waals surface area contributed by atoms with Gasteiger partial charge in [0.25, 0.3) is 0 Å². The Balaban J connectivity index is 1.82. The number of carbonyl (C=O) groups excluding carboxylic acids is 2. The number of rotatable bonds is 8. The van der Waals surface area contributed by atoms with E-state index >= 15 is 0 Å².